The first-order chi connectivity index (χ1) is 11.7. The van der Waals surface area contributed by atoms with E-state index in [0.717, 1.165) is 24.8 Å². The van der Waals surface area contributed by atoms with E-state index in [9.17, 15) is 4.79 Å². The second kappa shape index (κ2) is 6.33. The summed E-state index contributed by atoms with van der Waals surface area (Å²) in [5.41, 5.74) is 7.13. The van der Waals surface area contributed by atoms with E-state index in [1.165, 1.54) is 6.33 Å². The van der Waals surface area contributed by atoms with Gasteiger partial charge in [0.15, 0.2) is 0 Å². The number of nitrogen functional groups attached to an aromatic ring is 1. The number of nitrogens with zero attached hydrogens (tertiary/aromatic N) is 3. The zero-order chi connectivity index (χ0) is 16.5. The fourth-order valence-electron chi connectivity index (χ4n) is 3.47. The molecule has 2 aliphatic rings. The highest BCUT2D eigenvalue weighted by Crippen LogP contribution is 2.25. The molecule has 3 heterocycles. The van der Waals surface area contributed by atoms with Crippen LogP contribution in [0.3, 0.4) is 0 Å². The predicted molar refractivity (Wildman–Crippen MR) is 88.6 cm³/mol. The van der Waals surface area contributed by atoms with Gasteiger partial charge in [0.25, 0.3) is 5.91 Å². The molecule has 2 atom stereocenters. The van der Waals surface area contributed by atoms with Gasteiger partial charge < -0.3 is 20.1 Å². The second-order valence-corrected chi connectivity index (χ2v) is 6.18. The Labute approximate surface area is 139 Å². The van der Waals surface area contributed by atoms with Crippen molar-refractivity contribution in [2.75, 3.05) is 32.1 Å². The highest BCUT2D eigenvalue weighted by atomic mass is 16.5. The van der Waals surface area contributed by atoms with Crippen LogP contribution in [0.4, 0.5) is 5.82 Å². The molecule has 7 heteroatoms. The number of fused-ring (bicyclic) bond motifs is 1. The molecule has 1 aromatic carbocycles. The van der Waals surface area contributed by atoms with Crippen molar-refractivity contribution in [1.82, 2.24) is 14.9 Å². The van der Waals surface area contributed by atoms with Crippen LogP contribution in [0.1, 0.15) is 23.2 Å². The van der Waals surface area contributed by atoms with Crippen LogP contribution >= 0.6 is 0 Å². The molecule has 0 aliphatic carbocycles. The fourth-order valence-corrected chi connectivity index (χ4v) is 3.47. The highest BCUT2D eigenvalue weighted by molar-refractivity contribution is 5.99. The monoisotopic (exact) mass is 328 g/mol. The predicted octanol–water partition coefficient (Wildman–Crippen LogP) is 1.23. The zero-order valence-electron chi connectivity index (χ0n) is 13.4. The summed E-state index contributed by atoms with van der Waals surface area (Å²) in [6.45, 7) is 2.42. The number of carbonyl (C=O) groups is 1. The lowest BCUT2D eigenvalue weighted by atomic mass is 10.0. The minimum atomic E-state index is -0.0279. The third kappa shape index (κ3) is 2.70. The molecule has 0 radical (unpaired) electrons. The SMILES string of the molecule is Nc1ncnc2cc(C(=O)N3CCOCC3C3CCCO3)ccc12. The summed E-state index contributed by atoms with van der Waals surface area (Å²) in [4.78, 5) is 23.1. The van der Waals surface area contributed by atoms with Crippen molar-refractivity contribution in [3.8, 4) is 0 Å². The number of hydrogen-bond donors (Lipinski definition) is 1. The summed E-state index contributed by atoms with van der Waals surface area (Å²) >= 11 is 0. The largest absolute Gasteiger partial charge is 0.383 e. The first-order valence-corrected chi connectivity index (χ1v) is 8.24. The molecule has 0 spiro atoms. The second-order valence-electron chi connectivity index (χ2n) is 6.18. The Hall–Kier alpha value is -2.25. The van der Waals surface area contributed by atoms with E-state index >= 15 is 0 Å². The Bertz CT molecular complexity index is 761. The average Bonchev–Trinajstić information content (AvgIpc) is 3.15. The van der Waals surface area contributed by atoms with E-state index in [1.54, 1.807) is 18.2 Å². The molecule has 1 aromatic heterocycles. The van der Waals surface area contributed by atoms with Crippen molar-refractivity contribution in [1.29, 1.82) is 0 Å². The molecule has 4 rings (SSSR count). The van der Waals surface area contributed by atoms with Gasteiger partial charge in [-0.05, 0) is 31.0 Å². The van der Waals surface area contributed by atoms with Gasteiger partial charge in [-0.1, -0.05) is 0 Å². The Morgan fingerprint density at radius 1 is 1.29 bits per heavy atom. The van der Waals surface area contributed by atoms with Crippen LogP contribution in [0.15, 0.2) is 24.5 Å². The van der Waals surface area contributed by atoms with Gasteiger partial charge in [-0.25, -0.2) is 9.97 Å². The van der Waals surface area contributed by atoms with Crippen molar-refractivity contribution < 1.29 is 14.3 Å². The molecule has 2 aromatic rings. The van der Waals surface area contributed by atoms with E-state index in [4.69, 9.17) is 15.2 Å². The molecule has 2 saturated heterocycles. The standard InChI is InChI=1S/C17H20N4O3/c18-16-12-4-3-11(8-13(12)19-10-20-16)17(22)21-5-7-23-9-14(21)15-2-1-6-24-15/h3-4,8,10,14-15H,1-2,5-7,9H2,(H2,18,19,20). The summed E-state index contributed by atoms with van der Waals surface area (Å²) < 4.78 is 11.4. The third-order valence-electron chi connectivity index (χ3n) is 4.73. The van der Waals surface area contributed by atoms with Gasteiger partial charge in [0, 0.05) is 24.1 Å². The minimum Gasteiger partial charge on any atom is -0.383 e. The summed E-state index contributed by atoms with van der Waals surface area (Å²) in [6.07, 6.45) is 3.48. The molecule has 2 N–H and O–H groups in total. The van der Waals surface area contributed by atoms with Crippen molar-refractivity contribution in [2.24, 2.45) is 0 Å². The third-order valence-corrected chi connectivity index (χ3v) is 4.73. The van der Waals surface area contributed by atoms with E-state index in [0.29, 0.717) is 36.7 Å². The Balaban J connectivity index is 1.63. The van der Waals surface area contributed by atoms with Crippen LogP contribution in [0, 0.1) is 0 Å². The topological polar surface area (TPSA) is 90.6 Å². The summed E-state index contributed by atoms with van der Waals surface area (Å²) in [6, 6.07) is 5.34. The minimum absolute atomic E-state index is 0.0158. The Morgan fingerprint density at radius 2 is 2.21 bits per heavy atom. The molecule has 0 saturated carbocycles. The van der Waals surface area contributed by atoms with Gasteiger partial charge in [0.2, 0.25) is 0 Å². The molecule has 0 bridgehead atoms. The van der Waals surface area contributed by atoms with E-state index in [2.05, 4.69) is 9.97 Å². The number of rotatable bonds is 2. The number of amides is 1. The fraction of sp³-hybridized carbons (Fsp3) is 0.471. The Kier molecular flexibility index (Phi) is 4.03. The van der Waals surface area contributed by atoms with Crippen LogP contribution in [0.5, 0.6) is 0 Å². The molecule has 1 amide bonds. The number of anilines is 1. The van der Waals surface area contributed by atoms with Crippen LogP contribution in [-0.4, -0.2) is 59.3 Å². The molecule has 2 unspecified atom stereocenters. The van der Waals surface area contributed by atoms with E-state index < -0.39 is 0 Å². The van der Waals surface area contributed by atoms with Gasteiger partial charge in [-0.3, -0.25) is 4.79 Å². The normalized spacial score (nSPS) is 24.4. The summed E-state index contributed by atoms with van der Waals surface area (Å²) in [5, 5.41) is 0.756. The van der Waals surface area contributed by atoms with Crippen molar-refractivity contribution >= 4 is 22.6 Å². The quantitative estimate of drug-likeness (QED) is 0.892. The van der Waals surface area contributed by atoms with Crippen molar-refractivity contribution in [2.45, 2.75) is 25.0 Å². The molecular formula is C17H20N4O3. The lowest BCUT2D eigenvalue weighted by Gasteiger charge is -2.38. The summed E-state index contributed by atoms with van der Waals surface area (Å²) in [5.74, 6) is 0.403. The number of benzene rings is 1. The molecule has 126 valence electrons. The van der Waals surface area contributed by atoms with E-state index in [-0.39, 0.29) is 18.1 Å². The van der Waals surface area contributed by atoms with Crippen LogP contribution < -0.4 is 5.73 Å². The highest BCUT2D eigenvalue weighted by Gasteiger charge is 2.36. The maximum absolute atomic E-state index is 13.0. The number of aromatic nitrogens is 2. The lowest BCUT2D eigenvalue weighted by Crippen LogP contribution is -2.54. The Morgan fingerprint density at radius 3 is 3.04 bits per heavy atom. The molecule has 24 heavy (non-hydrogen) atoms. The van der Waals surface area contributed by atoms with Gasteiger partial charge in [0.05, 0.1) is 30.9 Å². The van der Waals surface area contributed by atoms with Gasteiger partial charge in [-0.15, -0.1) is 0 Å². The van der Waals surface area contributed by atoms with E-state index in [1.807, 2.05) is 4.90 Å². The van der Waals surface area contributed by atoms with Crippen molar-refractivity contribution in [3.63, 3.8) is 0 Å². The first kappa shape index (κ1) is 15.3. The van der Waals surface area contributed by atoms with Gasteiger partial charge >= 0.3 is 0 Å². The molecule has 2 aliphatic heterocycles. The van der Waals surface area contributed by atoms with Crippen LogP contribution in [-0.2, 0) is 9.47 Å². The number of ether oxygens (including phenoxy) is 2. The molecule has 2 fully saturated rings. The smallest absolute Gasteiger partial charge is 0.254 e. The first-order valence-electron chi connectivity index (χ1n) is 8.24. The molecular weight excluding hydrogens is 308 g/mol. The maximum Gasteiger partial charge on any atom is 0.254 e. The lowest BCUT2D eigenvalue weighted by molar-refractivity contribution is -0.0530. The number of nitrogens with two attached hydrogens (primary N) is 1. The van der Waals surface area contributed by atoms with Crippen molar-refractivity contribution in [3.05, 3.63) is 30.1 Å². The number of carbonyl (C=O) groups excluding carboxylic acids is 1. The van der Waals surface area contributed by atoms with Gasteiger partial charge in [0.1, 0.15) is 12.1 Å². The summed E-state index contributed by atoms with van der Waals surface area (Å²) in [7, 11) is 0. The van der Waals surface area contributed by atoms with Crippen LogP contribution in [0.2, 0.25) is 0 Å². The number of morpholine rings is 1. The van der Waals surface area contributed by atoms with Gasteiger partial charge in [-0.2, -0.15) is 0 Å². The maximum atomic E-state index is 13.0. The zero-order valence-corrected chi connectivity index (χ0v) is 13.4. The number of hydrogen-bond acceptors (Lipinski definition) is 6. The van der Waals surface area contributed by atoms with Crippen LogP contribution in [0.25, 0.3) is 10.9 Å². The average molecular weight is 328 g/mol. The molecule has 7 nitrogen and oxygen atoms in total.